The van der Waals surface area contributed by atoms with Crippen LogP contribution >= 0.6 is 15.9 Å². The van der Waals surface area contributed by atoms with Crippen LogP contribution in [0.3, 0.4) is 0 Å². The molecule has 0 aliphatic carbocycles. The van der Waals surface area contributed by atoms with Crippen molar-refractivity contribution in [2.75, 3.05) is 20.3 Å². The number of rotatable bonds is 2. The van der Waals surface area contributed by atoms with Gasteiger partial charge in [0.25, 0.3) is 0 Å². The standard InChI is InChI=1S/C8H11BrN4O2/c1-15-5-7(14)12-2-3-13-6(4-12)10-8(9)11-13/h2-5H2,1H3. The summed E-state index contributed by atoms with van der Waals surface area (Å²) in [6, 6.07) is 0. The molecule has 1 aliphatic rings. The Balaban J connectivity index is 2.08. The van der Waals surface area contributed by atoms with Crippen LogP contribution in [0.2, 0.25) is 0 Å². The van der Waals surface area contributed by atoms with Crippen LogP contribution in [0.15, 0.2) is 4.73 Å². The Bertz CT molecular complexity index is 379. The highest BCUT2D eigenvalue weighted by Crippen LogP contribution is 2.12. The summed E-state index contributed by atoms with van der Waals surface area (Å²) >= 11 is 3.21. The maximum absolute atomic E-state index is 11.5. The van der Waals surface area contributed by atoms with Gasteiger partial charge in [0, 0.05) is 13.7 Å². The normalized spacial score (nSPS) is 15.2. The monoisotopic (exact) mass is 274 g/mol. The number of nitrogens with zero attached hydrogens (tertiary/aromatic N) is 4. The topological polar surface area (TPSA) is 60.2 Å². The molecule has 1 aromatic heterocycles. The van der Waals surface area contributed by atoms with Crippen molar-refractivity contribution in [1.29, 1.82) is 0 Å². The number of carbonyl (C=O) groups excluding carboxylic acids is 1. The van der Waals surface area contributed by atoms with Crippen molar-refractivity contribution >= 4 is 21.8 Å². The number of fused-ring (bicyclic) bond motifs is 1. The summed E-state index contributed by atoms with van der Waals surface area (Å²) in [5, 5.41) is 4.14. The van der Waals surface area contributed by atoms with Gasteiger partial charge in [-0.05, 0) is 15.9 Å². The van der Waals surface area contributed by atoms with E-state index in [1.165, 1.54) is 7.11 Å². The Morgan fingerprint density at radius 1 is 1.60 bits per heavy atom. The first-order valence-electron chi connectivity index (χ1n) is 4.56. The van der Waals surface area contributed by atoms with Crippen molar-refractivity contribution in [3.8, 4) is 0 Å². The molecule has 0 saturated carbocycles. The molecule has 1 aromatic rings. The lowest BCUT2D eigenvalue weighted by atomic mass is 10.3. The molecule has 0 saturated heterocycles. The van der Waals surface area contributed by atoms with E-state index in [-0.39, 0.29) is 12.5 Å². The van der Waals surface area contributed by atoms with Crippen molar-refractivity contribution in [1.82, 2.24) is 19.7 Å². The minimum absolute atomic E-state index is 0.0112. The van der Waals surface area contributed by atoms with E-state index >= 15 is 0 Å². The van der Waals surface area contributed by atoms with Gasteiger partial charge in [0.2, 0.25) is 10.6 Å². The van der Waals surface area contributed by atoms with E-state index < -0.39 is 0 Å². The minimum Gasteiger partial charge on any atom is -0.375 e. The van der Waals surface area contributed by atoms with Crippen molar-refractivity contribution in [2.24, 2.45) is 0 Å². The largest absolute Gasteiger partial charge is 0.375 e. The van der Waals surface area contributed by atoms with Gasteiger partial charge < -0.3 is 9.64 Å². The first kappa shape index (κ1) is 10.6. The van der Waals surface area contributed by atoms with Gasteiger partial charge >= 0.3 is 0 Å². The number of ether oxygens (including phenoxy) is 1. The molecule has 0 fully saturated rings. The van der Waals surface area contributed by atoms with Crippen molar-refractivity contribution < 1.29 is 9.53 Å². The SMILES string of the molecule is COCC(=O)N1CCn2nc(Br)nc2C1. The molecular formula is C8H11BrN4O2. The van der Waals surface area contributed by atoms with Gasteiger partial charge in [0.05, 0.1) is 13.1 Å². The average molecular weight is 275 g/mol. The molecule has 1 amide bonds. The van der Waals surface area contributed by atoms with E-state index in [0.29, 0.717) is 24.4 Å². The highest BCUT2D eigenvalue weighted by atomic mass is 79.9. The zero-order valence-corrected chi connectivity index (χ0v) is 9.90. The van der Waals surface area contributed by atoms with Crippen LogP contribution < -0.4 is 0 Å². The number of methoxy groups -OCH3 is 1. The third-order valence-electron chi connectivity index (χ3n) is 2.26. The van der Waals surface area contributed by atoms with Crippen LogP contribution in [0.4, 0.5) is 0 Å². The Hall–Kier alpha value is -0.950. The molecule has 2 heterocycles. The van der Waals surface area contributed by atoms with E-state index in [0.717, 1.165) is 5.82 Å². The molecule has 0 aromatic carbocycles. The Morgan fingerprint density at radius 2 is 2.40 bits per heavy atom. The van der Waals surface area contributed by atoms with Crippen molar-refractivity contribution in [2.45, 2.75) is 13.1 Å². The Morgan fingerprint density at radius 3 is 3.13 bits per heavy atom. The lowest BCUT2D eigenvalue weighted by molar-refractivity contribution is -0.136. The lowest BCUT2D eigenvalue weighted by Gasteiger charge is -2.26. The average Bonchev–Trinajstić information content (AvgIpc) is 2.57. The summed E-state index contributed by atoms with van der Waals surface area (Å²) in [5.74, 6) is 0.792. The molecule has 0 unspecified atom stereocenters. The van der Waals surface area contributed by atoms with Gasteiger partial charge in [-0.1, -0.05) is 0 Å². The van der Waals surface area contributed by atoms with E-state index in [2.05, 4.69) is 26.0 Å². The second-order valence-corrected chi connectivity index (χ2v) is 3.98. The Kier molecular flexibility index (Phi) is 3.01. The fourth-order valence-electron chi connectivity index (χ4n) is 1.53. The molecular weight excluding hydrogens is 264 g/mol. The predicted octanol–water partition coefficient (Wildman–Crippen LogP) is 0.0292. The van der Waals surface area contributed by atoms with Crippen LogP contribution in [0, 0.1) is 0 Å². The summed E-state index contributed by atoms with van der Waals surface area (Å²) in [4.78, 5) is 17.4. The summed E-state index contributed by atoms with van der Waals surface area (Å²) in [6.45, 7) is 1.96. The second-order valence-electron chi connectivity index (χ2n) is 3.27. The third-order valence-corrected chi connectivity index (χ3v) is 2.59. The molecule has 15 heavy (non-hydrogen) atoms. The molecule has 7 heteroatoms. The van der Waals surface area contributed by atoms with Crippen molar-refractivity contribution in [3.05, 3.63) is 10.6 Å². The zero-order valence-electron chi connectivity index (χ0n) is 8.31. The van der Waals surface area contributed by atoms with Crippen LogP contribution in [0.25, 0.3) is 0 Å². The molecule has 82 valence electrons. The van der Waals surface area contributed by atoms with Crippen LogP contribution in [-0.2, 0) is 22.6 Å². The van der Waals surface area contributed by atoms with Gasteiger partial charge in [-0.25, -0.2) is 9.67 Å². The molecule has 0 bridgehead atoms. The maximum atomic E-state index is 11.5. The number of amides is 1. The summed E-state index contributed by atoms with van der Waals surface area (Å²) in [5.41, 5.74) is 0. The molecule has 0 atom stereocenters. The first-order chi connectivity index (χ1) is 7.20. The first-order valence-corrected chi connectivity index (χ1v) is 5.36. The van der Waals surface area contributed by atoms with Gasteiger partial charge in [-0.15, -0.1) is 5.10 Å². The van der Waals surface area contributed by atoms with E-state index in [4.69, 9.17) is 4.74 Å². The zero-order chi connectivity index (χ0) is 10.8. The third kappa shape index (κ3) is 2.18. The lowest BCUT2D eigenvalue weighted by Crippen LogP contribution is -2.40. The fourth-order valence-corrected chi connectivity index (χ4v) is 1.93. The fraction of sp³-hybridized carbons (Fsp3) is 0.625. The second kappa shape index (κ2) is 4.28. The number of hydrogen-bond acceptors (Lipinski definition) is 4. The number of carbonyl (C=O) groups is 1. The van der Waals surface area contributed by atoms with E-state index in [1.807, 2.05) is 0 Å². The Labute approximate surface area is 95.3 Å². The van der Waals surface area contributed by atoms with Crippen LogP contribution in [-0.4, -0.2) is 45.8 Å². The highest BCUT2D eigenvalue weighted by molar-refractivity contribution is 9.10. The van der Waals surface area contributed by atoms with Gasteiger partial charge in [-0.3, -0.25) is 4.79 Å². The van der Waals surface area contributed by atoms with Crippen LogP contribution in [0.5, 0.6) is 0 Å². The highest BCUT2D eigenvalue weighted by Gasteiger charge is 2.22. The van der Waals surface area contributed by atoms with Crippen molar-refractivity contribution in [3.63, 3.8) is 0 Å². The predicted molar refractivity (Wildman–Crippen MR) is 55.0 cm³/mol. The maximum Gasteiger partial charge on any atom is 0.249 e. The van der Waals surface area contributed by atoms with Crippen LogP contribution in [0.1, 0.15) is 5.82 Å². The summed E-state index contributed by atoms with van der Waals surface area (Å²) < 4.78 is 7.18. The quantitative estimate of drug-likeness (QED) is 0.764. The molecule has 0 radical (unpaired) electrons. The molecule has 1 aliphatic heterocycles. The minimum atomic E-state index is -0.0112. The van der Waals surface area contributed by atoms with E-state index in [9.17, 15) is 4.79 Å². The molecule has 2 rings (SSSR count). The summed E-state index contributed by atoms with van der Waals surface area (Å²) in [7, 11) is 1.51. The van der Waals surface area contributed by atoms with Gasteiger partial charge in [0.15, 0.2) is 0 Å². The molecule has 6 nitrogen and oxygen atoms in total. The number of aromatic nitrogens is 3. The summed E-state index contributed by atoms with van der Waals surface area (Å²) in [6.07, 6.45) is 0. The number of halogens is 1. The smallest absolute Gasteiger partial charge is 0.249 e. The number of hydrogen-bond donors (Lipinski definition) is 0. The molecule has 0 spiro atoms. The molecule has 0 N–H and O–H groups in total. The van der Waals surface area contributed by atoms with E-state index in [1.54, 1.807) is 9.58 Å². The van der Waals surface area contributed by atoms with Gasteiger partial charge in [0.1, 0.15) is 12.4 Å². The van der Waals surface area contributed by atoms with Gasteiger partial charge in [-0.2, -0.15) is 0 Å².